The van der Waals surface area contributed by atoms with E-state index in [9.17, 15) is 9.59 Å². The molecule has 9 heteroatoms. The molecule has 0 aliphatic rings. The smallest absolute Gasteiger partial charge is 0.298 e. The summed E-state index contributed by atoms with van der Waals surface area (Å²) in [5.41, 5.74) is 9.44. The SMILES string of the molecule is CC(=O)NCc1cc(-n2c(C)cnc(NCCc3cccnc3)c2=O)c(N)nc1C. The second kappa shape index (κ2) is 9.17. The van der Waals surface area contributed by atoms with Gasteiger partial charge in [0.15, 0.2) is 5.82 Å². The minimum atomic E-state index is -0.316. The molecule has 0 fully saturated rings. The molecular formula is C21H25N7O2. The summed E-state index contributed by atoms with van der Waals surface area (Å²) in [5, 5.41) is 5.84. The van der Waals surface area contributed by atoms with Gasteiger partial charge in [0.2, 0.25) is 5.91 Å². The van der Waals surface area contributed by atoms with Gasteiger partial charge in [-0.1, -0.05) is 6.07 Å². The molecule has 0 aromatic carbocycles. The molecule has 0 saturated carbocycles. The molecule has 3 aromatic rings. The quantitative estimate of drug-likeness (QED) is 0.542. The van der Waals surface area contributed by atoms with E-state index in [1.54, 1.807) is 31.6 Å². The Morgan fingerprint density at radius 3 is 2.77 bits per heavy atom. The lowest BCUT2D eigenvalue weighted by atomic mass is 10.1. The van der Waals surface area contributed by atoms with Gasteiger partial charge in [-0.15, -0.1) is 0 Å². The van der Waals surface area contributed by atoms with Crippen molar-refractivity contribution in [2.45, 2.75) is 33.7 Å². The third-order valence-corrected chi connectivity index (χ3v) is 4.66. The molecular weight excluding hydrogens is 382 g/mol. The average molecular weight is 407 g/mol. The molecule has 1 amide bonds. The first-order valence-electron chi connectivity index (χ1n) is 9.59. The van der Waals surface area contributed by atoms with Gasteiger partial charge in [-0.05, 0) is 43.5 Å². The van der Waals surface area contributed by atoms with Gasteiger partial charge in [0.05, 0.1) is 5.69 Å². The van der Waals surface area contributed by atoms with E-state index in [-0.39, 0.29) is 23.1 Å². The van der Waals surface area contributed by atoms with Gasteiger partial charge in [-0.3, -0.25) is 19.1 Å². The van der Waals surface area contributed by atoms with Crippen LogP contribution in [0.1, 0.15) is 29.4 Å². The molecule has 30 heavy (non-hydrogen) atoms. The number of anilines is 2. The van der Waals surface area contributed by atoms with Crippen molar-refractivity contribution in [3.8, 4) is 5.69 Å². The zero-order chi connectivity index (χ0) is 21.7. The van der Waals surface area contributed by atoms with Crippen LogP contribution in [0.2, 0.25) is 0 Å². The molecule has 9 nitrogen and oxygen atoms in total. The number of nitrogens with one attached hydrogen (secondary N) is 2. The Bertz CT molecular complexity index is 1110. The van der Waals surface area contributed by atoms with E-state index in [2.05, 4.69) is 25.6 Å². The van der Waals surface area contributed by atoms with Crippen LogP contribution in [0, 0.1) is 13.8 Å². The van der Waals surface area contributed by atoms with Crippen molar-refractivity contribution in [1.82, 2.24) is 24.8 Å². The Morgan fingerprint density at radius 2 is 2.07 bits per heavy atom. The molecule has 0 aliphatic carbocycles. The number of rotatable bonds is 7. The van der Waals surface area contributed by atoms with E-state index >= 15 is 0 Å². The van der Waals surface area contributed by atoms with Crippen molar-refractivity contribution in [1.29, 1.82) is 0 Å². The van der Waals surface area contributed by atoms with Crippen LogP contribution in [0.5, 0.6) is 0 Å². The highest BCUT2D eigenvalue weighted by atomic mass is 16.1. The first kappa shape index (κ1) is 21.0. The van der Waals surface area contributed by atoms with Gasteiger partial charge in [0, 0.05) is 50.0 Å². The van der Waals surface area contributed by atoms with Gasteiger partial charge in [0.1, 0.15) is 5.82 Å². The van der Waals surface area contributed by atoms with E-state index in [0.29, 0.717) is 36.6 Å². The van der Waals surface area contributed by atoms with Gasteiger partial charge in [-0.25, -0.2) is 9.97 Å². The summed E-state index contributed by atoms with van der Waals surface area (Å²) in [7, 11) is 0. The van der Waals surface area contributed by atoms with E-state index in [1.165, 1.54) is 11.5 Å². The Labute approximate surface area is 174 Å². The number of nitrogens with zero attached hydrogens (tertiary/aromatic N) is 4. The molecule has 0 atom stereocenters. The second-order valence-corrected chi connectivity index (χ2v) is 6.97. The first-order valence-corrected chi connectivity index (χ1v) is 9.59. The molecule has 0 radical (unpaired) electrons. The summed E-state index contributed by atoms with van der Waals surface area (Å²) in [6, 6.07) is 5.63. The molecule has 0 unspecified atom stereocenters. The molecule has 3 rings (SSSR count). The van der Waals surface area contributed by atoms with Crippen molar-refractivity contribution < 1.29 is 4.79 Å². The third kappa shape index (κ3) is 4.80. The second-order valence-electron chi connectivity index (χ2n) is 6.97. The maximum Gasteiger partial charge on any atom is 0.298 e. The fourth-order valence-electron chi connectivity index (χ4n) is 3.06. The van der Waals surface area contributed by atoms with Crippen molar-refractivity contribution in [2.24, 2.45) is 0 Å². The number of carbonyl (C=O) groups excluding carboxylic acids is 1. The lowest BCUT2D eigenvalue weighted by Crippen LogP contribution is -2.27. The van der Waals surface area contributed by atoms with Gasteiger partial charge >= 0.3 is 0 Å². The highest BCUT2D eigenvalue weighted by Gasteiger charge is 2.15. The van der Waals surface area contributed by atoms with E-state index in [1.807, 2.05) is 19.1 Å². The van der Waals surface area contributed by atoms with Crippen LogP contribution < -0.4 is 21.9 Å². The Kier molecular flexibility index (Phi) is 6.41. The summed E-state index contributed by atoms with van der Waals surface area (Å²) in [5.74, 6) is 0.315. The number of pyridine rings is 2. The maximum absolute atomic E-state index is 13.1. The summed E-state index contributed by atoms with van der Waals surface area (Å²) in [4.78, 5) is 37.1. The summed E-state index contributed by atoms with van der Waals surface area (Å²) in [6.45, 7) is 5.87. The topological polar surface area (TPSA) is 128 Å². The largest absolute Gasteiger partial charge is 0.382 e. The minimum Gasteiger partial charge on any atom is -0.382 e. The number of hydrogen-bond donors (Lipinski definition) is 3. The number of aromatic nitrogens is 4. The number of nitrogen functional groups attached to an aromatic ring is 1. The van der Waals surface area contributed by atoms with Crippen LogP contribution in [-0.4, -0.2) is 32.0 Å². The number of amides is 1. The minimum absolute atomic E-state index is 0.148. The Morgan fingerprint density at radius 1 is 1.27 bits per heavy atom. The van der Waals surface area contributed by atoms with Crippen molar-refractivity contribution >= 4 is 17.5 Å². The van der Waals surface area contributed by atoms with Crippen LogP contribution in [0.4, 0.5) is 11.6 Å². The monoisotopic (exact) mass is 407 g/mol. The molecule has 0 aliphatic heterocycles. The van der Waals surface area contributed by atoms with Crippen molar-refractivity contribution in [3.05, 3.63) is 69.7 Å². The molecule has 156 valence electrons. The number of nitrogens with two attached hydrogens (primary N) is 1. The Balaban J connectivity index is 1.90. The maximum atomic E-state index is 13.1. The molecule has 3 aromatic heterocycles. The molecule has 0 bridgehead atoms. The van der Waals surface area contributed by atoms with Gasteiger partial charge in [0.25, 0.3) is 5.56 Å². The highest BCUT2D eigenvalue weighted by molar-refractivity contribution is 5.73. The third-order valence-electron chi connectivity index (χ3n) is 4.66. The summed E-state index contributed by atoms with van der Waals surface area (Å²) >= 11 is 0. The van der Waals surface area contributed by atoms with Gasteiger partial charge < -0.3 is 16.4 Å². The predicted octanol–water partition coefficient (Wildman–Crippen LogP) is 1.51. The van der Waals surface area contributed by atoms with Gasteiger partial charge in [-0.2, -0.15) is 0 Å². The van der Waals surface area contributed by atoms with Crippen LogP contribution in [0.15, 0.2) is 41.6 Å². The average Bonchev–Trinajstić information content (AvgIpc) is 2.71. The number of aryl methyl sites for hydroxylation is 2. The zero-order valence-electron chi connectivity index (χ0n) is 17.3. The normalized spacial score (nSPS) is 10.6. The fraction of sp³-hybridized carbons (Fsp3) is 0.286. The first-order chi connectivity index (χ1) is 14.4. The molecule has 0 spiro atoms. The Hall–Kier alpha value is -3.75. The number of hydrogen-bond acceptors (Lipinski definition) is 7. The lowest BCUT2D eigenvalue weighted by Gasteiger charge is -2.16. The van der Waals surface area contributed by atoms with E-state index in [0.717, 1.165) is 11.1 Å². The summed E-state index contributed by atoms with van der Waals surface area (Å²) < 4.78 is 1.48. The zero-order valence-corrected chi connectivity index (χ0v) is 17.3. The van der Waals surface area contributed by atoms with Crippen LogP contribution in [0.3, 0.4) is 0 Å². The number of carbonyl (C=O) groups is 1. The fourth-order valence-corrected chi connectivity index (χ4v) is 3.06. The lowest BCUT2D eigenvalue weighted by molar-refractivity contribution is -0.119. The molecule has 4 N–H and O–H groups in total. The molecule has 0 saturated heterocycles. The standard InChI is InChI=1S/C21H25N7O2/c1-13-10-26-20(24-8-6-16-5-4-7-23-11-16)21(30)28(13)18-9-17(12-25-15(3)29)14(2)27-19(18)22/h4-5,7,9-11H,6,8,12H2,1-3H3,(H2,22,27)(H,24,26)(H,25,29). The van der Waals surface area contributed by atoms with Crippen LogP contribution in [0.25, 0.3) is 5.69 Å². The van der Waals surface area contributed by atoms with Crippen LogP contribution >= 0.6 is 0 Å². The van der Waals surface area contributed by atoms with Crippen LogP contribution in [-0.2, 0) is 17.8 Å². The van der Waals surface area contributed by atoms with E-state index in [4.69, 9.17) is 5.73 Å². The highest BCUT2D eigenvalue weighted by Crippen LogP contribution is 2.20. The van der Waals surface area contributed by atoms with E-state index < -0.39 is 0 Å². The van der Waals surface area contributed by atoms with Crippen molar-refractivity contribution in [2.75, 3.05) is 17.6 Å². The molecule has 3 heterocycles. The van der Waals surface area contributed by atoms with Crippen molar-refractivity contribution in [3.63, 3.8) is 0 Å². The summed E-state index contributed by atoms with van der Waals surface area (Å²) in [6.07, 6.45) is 5.83. The predicted molar refractivity (Wildman–Crippen MR) is 115 cm³/mol.